The highest BCUT2D eigenvalue weighted by atomic mass is 15.2. The summed E-state index contributed by atoms with van der Waals surface area (Å²) in [6, 6.07) is 7.97. The van der Waals surface area contributed by atoms with E-state index in [0.29, 0.717) is 11.6 Å². The zero-order valence-corrected chi connectivity index (χ0v) is 11.9. The SMILES string of the molecule is CCc1cccc(C)c1Nc1cc(N(C)C#N)ncn1. The first-order chi connectivity index (χ1) is 9.65. The van der Waals surface area contributed by atoms with E-state index >= 15 is 0 Å². The van der Waals surface area contributed by atoms with Crippen molar-refractivity contribution in [2.24, 2.45) is 0 Å². The van der Waals surface area contributed by atoms with Gasteiger partial charge in [0.05, 0.1) is 0 Å². The van der Waals surface area contributed by atoms with E-state index in [4.69, 9.17) is 5.26 Å². The molecule has 2 aromatic rings. The Labute approximate surface area is 118 Å². The molecule has 0 amide bonds. The molecule has 0 saturated carbocycles. The Hall–Kier alpha value is -2.61. The molecular formula is C15H17N5. The number of hydrogen-bond donors (Lipinski definition) is 1. The first-order valence-corrected chi connectivity index (χ1v) is 6.46. The van der Waals surface area contributed by atoms with Crippen LogP contribution in [-0.4, -0.2) is 17.0 Å². The van der Waals surface area contributed by atoms with Gasteiger partial charge in [0, 0.05) is 18.8 Å². The number of para-hydroxylation sites is 1. The molecular weight excluding hydrogens is 250 g/mol. The van der Waals surface area contributed by atoms with Gasteiger partial charge in [-0.05, 0) is 24.5 Å². The predicted octanol–water partition coefficient (Wildman–Crippen LogP) is 3.01. The fourth-order valence-electron chi connectivity index (χ4n) is 1.98. The van der Waals surface area contributed by atoms with Gasteiger partial charge >= 0.3 is 0 Å². The molecule has 0 saturated heterocycles. The molecule has 1 aromatic heterocycles. The van der Waals surface area contributed by atoms with Gasteiger partial charge in [0.1, 0.15) is 18.0 Å². The Balaban J connectivity index is 2.34. The maximum absolute atomic E-state index is 8.89. The highest BCUT2D eigenvalue weighted by Gasteiger charge is 2.07. The summed E-state index contributed by atoms with van der Waals surface area (Å²) in [4.78, 5) is 9.67. The van der Waals surface area contributed by atoms with Crippen LogP contribution in [0, 0.1) is 18.4 Å². The Kier molecular flexibility index (Phi) is 4.16. The fraction of sp³-hybridized carbons (Fsp3) is 0.267. The molecule has 1 aromatic carbocycles. The van der Waals surface area contributed by atoms with E-state index < -0.39 is 0 Å². The average molecular weight is 267 g/mol. The second-order valence-electron chi connectivity index (χ2n) is 4.51. The van der Waals surface area contributed by atoms with Crippen LogP contribution in [0.5, 0.6) is 0 Å². The molecule has 5 heteroatoms. The third-order valence-corrected chi connectivity index (χ3v) is 3.14. The van der Waals surface area contributed by atoms with E-state index in [9.17, 15) is 0 Å². The van der Waals surface area contributed by atoms with Crippen molar-refractivity contribution in [3.8, 4) is 6.19 Å². The molecule has 0 unspecified atom stereocenters. The zero-order chi connectivity index (χ0) is 14.5. The van der Waals surface area contributed by atoms with Crippen molar-refractivity contribution >= 4 is 17.3 Å². The number of aryl methyl sites for hydroxylation is 2. The fourth-order valence-corrected chi connectivity index (χ4v) is 1.98. The summed E-state index contributed by atoms with van der Waals surface area (Å²) in [5.74, 6) is 1.25. The van der Waals surface area contributed by atoms with E-state index in [2.05, 4.69) is 41.3 Å². The van der Waals surface area contributed by atoms with Gasteiger partial charge in [0.15, 0.2) is 6.19 Å². The van der Waals surface area contributed by atoms with Crippen LogP contribution >= 0.6 is 0 Å². The van der Waals surface area contributed by atoms with E-state index in [1.165, 1.54) is 16.8 Å². The number of nitrogens with zero attached hydrogens (tertiary/aromatic N) is 4. The minimum absolute atomic E-state index is 0.566. The quantitative estimate of drug-likeness (QED) is 0.681. The predicted molar refractivity (Wildman–Crippen MR) is 79.9 cm³/mol. The normalized spacial score (nSPS) is 9.90. The van der Waals surface area contributed by atoms with Gasteiger partial charge in [-0.15, -0.1) is 0 Å². The van der Waals surface area contributed by atoms with E-state index in [-0.39, 0.29) is 0 Å². The van der Waals surface area contributed by atoms with E-state index in [1.807, 2.05) is 12.3 Å². The van der Waals surface area contributed by atoms with Crippen LogP contribution < -0.4 is 10.2 Å². The number of hydrogen-bond acceptors (Lipinski definition) is 5. The smallest absolute Gasteiger partial charge is 0.185 e. The molecule has 0 spiro atoms. The molecule has 0 fully saturated rings. The summed E-state index contributed by atoms with van der Waals surface area (Å²) in [7, 11) is 1.66. The molecule has 5 nitrogen and oxygen atoms in total. The third-order valence-electron chi connectivity index (χ3n) is 3.14. The summed E-state index contributed by atoms with van der Waals surface area (Å²) in [6.45, 7) is 4.18. The van der Waals surface area contributed by atoms with Crippen molar-refractivity contribution in [2.75, 3.05) is 17.3 Å². The second kappa shape index (κ2) is 6.02. The van der Waals surface area contributed by atoms with Gasteiger partial charge in [-0.3, -0.25) is 4.90 Å². The number of rotatable bonds is 4. The molecule has 0 aliphatic carbocycles. The van der Waals surface area contributed by atoms with Crippen molar-refractivity contribution in [2.45, 2.75) is 20.3 Å². The first-order valence-electron chi connectivity index (χ1n) is 6.46. The maximum atomic E-state index is 8.89. The van der Waals surface area contributed by atoms with Crippen LogP contribution in [0.25, 0.3) is 0 Å². The van der Waals surface area contributed by atoms with Crippen molar-refractivity contribution < 1.29 is 0 Å². The zero-order valence-electron chi connectivity index (χ0n) is 11.9. The third kappa shape index (κ3) is 2.86. The summed E-state index contributed by atoms with van der Waals surface area (Å²) < 4.78 is 0. The van der Waals surface area contributed by atoms with Crippen molar-refractivity contribution in [3.63, 3.8) is 0 Å². The number of benzene rings is 1. The Bertz CT molecular complexity index is 645. The Morgan fingerprint density at radius 3 is 2.85 bits per heavy atom. The molecule has 1 N–H and O–H groups in total. The monoisotopic (exact) mass is 267 g/mol. The molecule has 1 heterocycles. The van der Waals surface area contributed by atoms with Crippen LogP contribution in [-0.2, 0) is 6.42 Å². The lowest BCUT2D eigenvalue weighted by molar-refractivity contribution is 1.08. The minimum atomic E-state index is 0.566. The van der Waals surface area contributed by atoms with Gasteiger partial charge in [0.2, 0.25) is 0 Å². The van der Waals surface area contributed by atoms with Gasteiger partial charge in [-0.25, -0.2) is 9.97 Å². The lowest BCUT2D eigenvalue weighted by atomic mass is 10.1. The highest BCUT2D eigenvalue weighted by molar-refractivity contribution is 5.66. The molecule has 0 atom stereocenters. The van der Waals surface area contributed by atoms with Crippen molar-refractivity contribution in [1.82, 2.24) is 9.97 Å². The molecule has 102 valence electrons. The molecule has 2 rings (SSSR count). The minimum Gasteiger partial charge on any atom is -0.340 e. The van der Waals surface area contributed by atoms with Gasteiger partial charge in [0.25, 0.3) is 0 Å². The van der Waals surface area contributed by atoms with Gasteiger partial charge in [-0.2, -0.15) is 5.26 Å². The summed E-state index contributed by atoms with van der Waals surface area (Å²) in [6.07, 6.45) is 4.42. The van der Waals surface area contributed by atoms with E-state index in [0.717, 1.165) is 17.7 Å². The summed E-state index contributed by atoms with van der Waals surface area (Å²) in [5.41, 5.74) is 3.47. The van der Waals surface area contributed by atoms with Crippen molar-refractivity contribution in [3.05, 3.63) is 41.7 Å². The standard InChI is InChI=1S/C15H17N5/c1-4-12-7-5-6-11(2)15(12)19-13-8-14(18-10-17-13)20(3)9-16/h5-8,10H,4H2,1-3H3,(H,17,18,19). The van der Waals surface area contributed by atoms with Crippen molar-refractivity contribution in [1.29, 1.82) is 5.26 Å². The molecule has 0 radical (unpaired) electrons. The maximum Gasteiger partial charge on any atom is 0.185 e. The lowest BCUT2D eigenvalue weighted by Gasteiger charge is -2.14. The van der Waals surface area contributed by atoms with Crippen LogP contribution in [0.3, 0.4) is 0 Å². The molecule has 0 bridgehead atoms. The molecule has 0 aliphatic heterocycles. The highest BCUT2D eigenvalue weighted by Crippen LogP contribution is 2.25. The number of anilines is 3. The van der Waals surface area contributed by atoms with Crippen LogP contribution in [0.2, 0.25) is 0 Å². The lowest BCUT2D eigenvalue weighted by Crippen LogP contribution is -2.11. The Morgan fingerprint density at radius 2 is 2.15 bits per heavy atom. The number of nitrogens with one attached hydrogen (secondary N) is 1. The Morgan fingerprint density at radius 1 is 1.35 bits per heavy atom. The topological polar surface area (TPSA) is 64.8 Å². The van der Waals surface area contributed by atoms with Crippen LogP contribution in [0.4, 0.5) is 17.3 Å². The summed E-state index contributed by atoms with van der Waals surface area (Å²) >= 11 is 0. The van der Waals surface area contributed by atoms with Crippen LogP contribution in [0.15, 0.2) is 30.6 Å². The number of nitriles is 1. The molecule has 0 aliphatic rings. The summed E-state index contributed by atoms with van der Waals surface area (Å²) in [5, 5.41) is 12.2. The number of aromatic nitrogens is 2. The van der Waals surface area contributed by atoms with Gasteiger partial charge < -0.3 is 5.32 Å². The average Bonchev–Trinajstić information content (AvgIpc) is 2.48. The molecule has 20 heavy (non-hydrogen) atoms. The first kappa shape index (κ1) is 13.8. The van der Waals surface area contributed by atoms with Gasteiger partial charge in [-0.1, -0.05) is 25.1 Å². The largest absolute Gasteiger partial charge is 0.340 e. The van der Waals surface area contributed by atoms with Crippen LogP contribution in [0.1, 0.15) is 18.1 Å². The second-order valence-corrected chi connectivity index (χ2v) is 4.51. The van der Waals surface area contributed by atoms with E-state index in [1.54, 1.807) is 13.1 Å².